The van der Waals surface area contributed by atoms with Crippen molar-refractivity contribution in [2.45, 2.75) is 46.2 Å². The minimum atomic E-state index is -0.0839. The second-order valence-corrected chi connectivity index (χ2v) is 5.61. The van der Waals surface area contributed by atoms with Crippen molar-refractivity contribution in [3.8, 4) is 0 Å². The molecule has 0 aliphatic carbocycles. The Kier molecular flexibility index (Phi) is 4.69. The van der Waals surface area contributed by atoms with Gasteiger partial charge in [0.05, 0.1) is 6.20 Å². The molecule has 0 radical (unpaired) electrons. The molecule has 5 heteroatoms. The summed E-state index contributed by atoms with van der Waals surface area (Å²) >= 11 is 0. The summed E-state index contributed by atoms with van der Waals surface area (Å²) in [6.45, 7) is 6.86. The zero-order valence-electron chi connectivity index (χ0n) is 10.8. The van der Waals surface area contributed by atoms with Crippen LogP contribution >= 0.6 is 0 Å². The summed E-state index contributed by atoms with van der Waals surface area (Å²) in [7, 11) is 0. The SMILES string of the molecule is CC(C)(C)CC(N)CC(=O)NCc1cn[nH]c1. The third-order valence-corrected chi connectivity index (χ3v) is 2.37. The van der Waals surface area contributed by atoms with Crippen molar-refractivity contribution in [3.63, 3.8) is 0 Å². The average molecular weight is 238 g/mol. The standard InChI is InChI=1S/C12H22N4O/c1-12(2,3)5-10(13)4-11(17)14-6-9-7-15-16-8-9/h7-8,10H,4-6,13H2,1-3H3,(H,14,17)(H,15,16). The fourth-order valence-corrected chi connectivity index (χ4v) is 1.74. The van der Waals surface area contributed by atoms with Gasteiger partial charge in [-0.2, -0.15) is 5.10 Å². The first kappa shape index (κ1) is 13.7. The predicted octanol–water partition coefficient (Wildman–Crippen LogP) is 1.18. The fourth-order valence-electron chi connectivity index (χ4n) is 1.74. The van der Waals surface area contributed by atoms with E-state index < -0.39 is 0 Å². The summed E-state index contributed by atoms with van der Waals surface area (Å²) in [6, 6.07) is -0.0839. The molecule has 0 bridgehead atoms. The monoisotopic (exact) mass is 238 g/mol. The number of hydrogen-bond donors (Lipinski definition) is 3. The number of amides is 1. The molecule has 1 amide bonds. The summed E-state index contributed by atoms with van der Waals surface area (Å²) < 4.78 is 0. The molecule has 1 aromatic rings. The molecule has 4 N–H and O–H groups in total. The Balaban J connectivity index is 2.25. The molecule has 1 atom stereocenters. The third-order valence-electron chi connectivity index (χ3n) is 2.37. The first-order valence-electron chi connectivity index (χ1n) is 5.87. The molecule has 0 saturated carbocycles. The van der Waals surface area contributed by atoms with Crippen LogP contribution in [0.25, 0.3) is 0 Å². The van der Waals surface area contributed by atoms with E-state index in [0.29, 0.717) is 13.0 Å². The topological polar surface area (TPSA) is 83.8 Å². The lowest BCUT2D eigenvalue weighted by atomic mass is 9.87. The number of nitrogens with zero attached hydrogens (tertiary/aromatic N) is 1. The lowest BCUT2D eigenvalue weighted by Crippen LogP contribution is -2.33. The smallest absolute Gasteiger partial charge is 0.221 e. The maximum absolute atomic E-state index is 11.6. The van der Waals surface area contributed by atoms with Crippen LogP contribution in [0.4, 0.5) is 0 Å². The molecular formula is C12H22N4O. The minimum Gasteiger partial charge on any atom is -0.352 e. The van der Waals surface area contributed by atoms with E-state index in [1.165, 1.54) is 0 Å². The van der Waals surface area contributed by atoms with Gasteiger partial charge in [-0.1, -0.05) is 20.8 Å². The van der Waals surface area contributed by atoms with Crippen molar-refractivity contribution in [2.24, 2.45) is 11.1 Å². The molecule has 0 spiro atoms. The van der Waals surface area contributed by atoms with Crippen LogP contribution in [0, 0.1) is 5.41 Å². The number of carbonyl (C=O) groups excluding carboxylic acids is 1. The van der Waals surface area contributed by atoms with Gasteiger partial charge < -0.3 is 11.1 Å². The first-order valence-corrected chi connectivity index (χ1v) is 5.87. The van der Waals surface area contributed by atoms with Crippen LogP contribution in [0.1, 0.15) is 39.2 Å². The number of carbonyl (C=O) groups is 1. The Labute approximate surface area is 102 Å². The Morgan fingerprint density at radius 2 is 2.29 bits per heavy atom. The molecule has 0 fully saturated rings. The molecule has 96 valence electrons. The minimum absolute atomic E-state index is 0.0112. The maximum Gasteiger partial charge on any atom is 0.221 e. The molecule has 0 aromatic carbocycles. The second-order valence-electron chi connectivity index (χ2n) is 5.61. The summed E-state index contributed by atoms with van der Waals surface area (Å²) in [6.07, 6.45) is 4.66. The van der Waals surface area contributed by atoms with Crippen LogP contribution < -0.4 is 11.1 Å². The van der Waals surface area contributed by atoms with E-state index in [1.54, 1.807) is 12.4 Å². The van der Waals surface area contributed by atoms with Gasteiger partial charge in [-0.15, -0.1) is 0 Å². The Hall–Kier alpha value is -1.36. The quantitative estimate of drug-likeness (QED) is 0.720. The van der Waals surface area contributed by atoms with E-state index in [4.69, 9.17) is 5.73 Å². The van der Waals surface area contributed by atoms with Gasteiger partial charge in [0.1, 0.15) is 0 Å². The lowest BCUT2D eigenvalue weighted by molar-refractivity contribution is -0.121. The van der Waals surface area contributed by atoms with Crippen molar-refractivity contribution in [1.82, 2.24) is 15.5 Å². The van der Waals surface area contributed by atoms with Crippen LogP contribution in [0.3, 0.4) is 0 Å². The zero-order valence-corrected chi connectivity index (χ0v) is 10.8. The van der Waals surface area contributed by atoms with Crippen molar-refractivity contribution in [1.29, 1.82) is 0 Å². The predicted molar refractivity (Wildman–Crippen MR) is 67.1 cm³/mol. The summed E-state index contributed by atoms with van der Waals surface area (Å²) in [5.41, 5.74) is 7.05. The summed E-state index contributed by atoms with van der Waals surface area (Å²) in [5.74, 6) is -0.0112. The highest BCUT2D eigenvalue weighted by Gasteiger charge is 2.17. The Morgan fingerprint density at radius 1 is 1.59 bits per heavy atom. The van der Waals surface area contributed by atoms with E-state index in [-0.39, 0.29) is 17.4 Å². The van der Waals surface area contributed by atoms with Crippen molar-refractivity contribution < 1.29 is 4.79 Å². The number of hydrogen-bond acceptors (Lipinski definition) is 3. The first-order chi connectivity index (χ1) is 7.87. The highest BCUT2D eigenvalue weighted by atomic mass is 16.1. The number of nitrogens with one attached hydrogen (secondary N) is 2. The van der Waals surface area contributed by atoms with E-state index in [1.807, 2.05) is 0 Å². The Bertz CT molecular complexity index is 340. The van der Waals surface area contributed by atoms with E-state index in [2.05, 4.69) is 36.3 Å². The highest BCUT2D eigenvalue weighted by molar-refractivity contribution is 5.76. The number of H-pyrrole nitrogens is 1. The van der Waals surface area contributed by atoms with Gasteiger partial charge in [0.15, 0.2) is 0 Å². The molecule has 1 rings (SSSR count). The molecule has 1 heterocycles. The fraction of sp³-hybridized carbons (Fsp3) is 0.667. The van der Waals surface area contributed by atoms with Gasteiger partial charge >= 0.3 is 0 Å². The normalized spacial score (nSPS) is 13.4. The maximum atomic E-state index is 11.6. The molecule has 1 aromatic heterocycles. The van der Waals surface area contributed by atoms with Crippen LogP contribution in [0.5, 0.6) is 0 Å². The molecule has 5 nitrogen and oxygen atoms in total. The van der Waals surface area contributed by atoms with E-state index >= 15 is 0 Å². The number of aromatic nitrogens is 2. The zero-order chi connectivity index (χ0) is 12.9. The van der Waals surface area contributed by atoms with Gasteiger partial charge in [-0.05, 0) is 11.8 Å². The van der Waals surface area contributed by atoms with Gasteiger partial charge in [0, 0.05) is 30.8 Å². The van der Waals surface area contributed by atoms with Gasteiger partial charge in [0.2, 0.25) is 5.91 Å². The lowest BCUT2D eigenvalue weighted by Gasteiger charge is -2.22. The molecule has 0 aliphatic rings. The largest absolute Gasteiger partial charge is 0.352 e. The van der Waals surface area contributed by atoms with E-state index in [9.17, 15) is 4.79 Å². The van der Waals surface area contributed by atoms with Crippen molar-refractivity contribution in [2.75, 3.05) is 0 Å². The number of nitrogens with two attached hydrogens (primary N) is 1. The van der Waals surface area contributed by atoms with Crippen LogP contribution in [0.2, 0.25) is 0 Å². The van der Waals surface area contributed by atoms with Crippen LogP contribution in [0.15, 0.2) is 12.4 Å². The van der Waals surface area contributed by atoms with Gasteiger partial charge in [-0.3, -0.25) is 9.89 Å². The van der Waals surface area contributed by atoms with Crippen LogP contribution in [-0.2, 0) is 11.3 Å². The molecule has 0 aliphatic heterocycles. The van der Waals surface area contributed by atoms with Gasteiger partial charge in [0.25, 0.3) is 0 Å². The molecule has 0 saturated heterocycles. The second kappa shape index (κ2) is 5.82. The highest BCUT2D eigenvalue weighted by Crippen LogP contribution is 2.20. The third kappa shape index (κ3) is 6.06. The summed E-state index contributed by atoms with van der Waals surface area (Å²) in [4.78, 5) is 11.6. The van der Waals surface area contributed by atoms with E-state index in [0.717, 1.165) is 12.0 Å². The van der Waals surface area contributed by atoms with Crippen molar-refractivity contribution in [3.05, 3.63) is 18.0 Å². The number of aromatic amines is 1. The molecule has 17 heavy (non-hydrogen) atoms. The molecule has 1 unspecified atom stereocenters. The number of rotatable bonds is 5. The Morgan fingerprint density at radius 3 is 2.82 bits per heavy atom. The average Bonchev–Trinajstić information content (AvgIpc) is 2.63. The van der Waals surface area contributed by atoms with Crippen molar-refractivity contribution >= 4 is 5.91 Å². The van der Waals surface area contributed by atoms with Gasteiger partial charge in [-0.25, -0.2) is 0 Å². The molecular weight excluding hydrogens is 216 g/mol. The van der Waals surface area contributed by atoms with Crippen LogP contribution in [-0.4, -0.2) is 22.1 Å². The summed E-state index contributed by atoms with van der Waals surface area (Å²) in [5, 5.41) is 9.33.